The van der Waals surface area contributed by atoms with E-state index in [0.717, 1.165) is 22.4 Å². The van der Waals surface area contributed by atoms with Crippen LogP contribution in [0, 0.1) is 0 Å². The number of hydrogen-bond donors (Lipinski definition) is 1. The maximum atomic E-state index is 12.7. The number of sulfone groups is 1. The van der Waals surface area contributed by atoms with Gasteiger partial charge < -0.3 is 19.5 Å². The summed E-state index contributed by atoms with van der Waals surface area (Å²) in [5.74, 6) is 1.56. The van der Waals surface area contributed by atoms with Crippen LogP contribution in [0.2, 0.25) is 0 Å². The third-order valence-corrected chi connectivity index (χ3v) is 6.69. The summed E-state index contributed by atoms with van der Waals surface area (Å²) in [5.41, 5.74) is 3.33. The smallest absolute Gasteiger partial charge is 0.255 e. The van der Waals surface area contributed by atoms with Gasteiger partial charge in [0.15, 0.2) is 9.84 Å². The molecule has 1 aliphatic rings. The fourth-order valence-electron chi connectivity index (χ4n) is 3.80. The molecule has 1 amide bonds. The van der Waals surface area contributed by atoms with E-state index in [1.54, 1.807) is 49.6 Å². The fraction of sp³-hybridized carbons (Fsp3) is 0.240. The van der Waals surface area contributed by atoms with Gasteiger partial charge in [-0.05, 0) is 59.2 Å². The highest BCUT2D eigenvalue weighted by Crippen LogP contribution is 2.33. The number of nitrogens with one attached hydrogen (secondary N) is 1. The van der Waals surface area contributed by atoms with Crippen LogP contribution in [0.3, 0.4) is 0 Å². The van der Waals surface area contributed by atoms with Crippen LogP contribution in [0.5, 0.6) is 17.2 Å². The minimum Gasteiger partial charge on any atom is -0.497 e. The number of carbonyl (C=O) groups excluding carboxylic acids is 1. The molecule has 0 radical (unpaired) electrons. The fourth-order valence-corrected chi connectivity index (χ4v) is 4.43. The van der Waals surface area contributed by atoms with Crippen molar-refractivity contribution in [2.75, 3.05) is 27.0 Å². The molecule has 0 aromatic heterocycles. The first kappa shape index (κ1) is 22.7. The molecule has 1 heterocycles. The van der Waals surface area contributed by atoms with Crippen LogP contribution in [0.25, 0.3) is 11.1 Å². The highest BCUT2D eigenvalue weighted by molar-refractivity contribution is 7.90. The van der Waals surface area contributed by atoms with E-state index < -0.39 is 9.84 Å². The second-order valence-corrected chi connectivity index (χ2v) is 9.86. The van der Waals surface area contributed by atoms with E-state index >= 15 is 0 Å². The third-order valence-electron chi connectivity index (χ3n) is 5.56. The SMILES string of the molecule is COc1ccc(OC)c(C(=O)NCC2Cc3cc(-c4ccc(S(C)(=O)=O)cc4)ccc3O2)c1. The average molecular weight is 468 g/mol. The van der Waals surface area contributed by atoms with E-state index in [-0.39, 0.29) is 12.0 Å². The molecule has 8 heteroatoms. The van der Waals surface area contributed by atoms with Crippen molar-refractivity contribution in [1.29, 1.82) is 0 Å². The Hall–Kier alpha value is -3.52. The molecule has 0 saturated heterocycles. The molecule has 0 spiro atoms. The minimum absolute atomic E-state index is 0.191. The van der Waals surface area contributed by atoms with Crippen LogP contribution < -0.4 is 19.5 Å². The summed E-state index contributed by atoms with van der Waals surface area (Å²) in [6.07, 6.45) is 1.65. The maximum Gasteiger partial charge on any atom is 0.255 e. The van der Waals surface area contributed by atoms with Crippen molar-refractivity contribution in [2.45, 2.75) is 17.4 Å². The standard InChI is InChI=1S/C25H25NO6S/c1-30-19-7-11-24(31-2)22(14-19)25(27)26-15-20-13-18-12-17(6-10-23(18)32-20)16-4-8-21(9-5-16)33(3,28)29/h4-12,14,20H,13,15H2,1-3H3,(H,26,27). The lowest BCUT2D eigenvalue weighted by molar-refractivity contribution is 0.0930. The molecule has 172 valence electrons. The van der Waals surface area contributed by atoms with Crippen LogP contribution in [0.1, 0.15) is 15.9 Å². The first-order chi connectivity index (χ1) is 15.8. The molecule has 1 unspecified atom stereocenters. The van der Waals surface area contributed by atoms with Crippen LogP contribution >= 0.6 is 0 Å². The van der Waals surface area contributed by atoms with Crippen molar-refractivity contribution < 1.29 is 27.4 Å². The molecular formula is C25H25NO6S. The summed E-state index contributed by atoms with van der Waals surface area (Å²) < 4.78 is 39.9. The number of benzene rings is 3. The predicted molar refractivity (Wildman–Crippen MR) is 125 cm³/mol. The molecular weight excluding hydrogens is 442 g/mol. The Morgan fingerprint density at radius 3 is 2.39 bits per heavy atom. The van der Waals surface area contributed by atoms with Crippen LogP contribution in [0.4, 0.5) is 0 Å². The number of ether oxygens (including phenoxy) is 3. The summed E-state index contributed by atoms with van der Waals surface area (Å²) in [7, 11) is -0.171. The summed E-state index contributed by atoms with van der Waals surface area (Å²) in [6.45, 7) is 0.340. The molecule has 33 heavy (non-hydrogen) atoms. The monoisotopic (exact) mass is 467 g/mol. The lowest BCUT2D eigenvalue weighted by atomic mass is 10.0. The normalized spacial score (nSPS) is 14.8. The van der Waals surface area contributed by atoms with Crippen molar-refractivity contribution in [2.24, 2.45) is 0 Å². The van der Waals surface area contributed by atoms with E-state index in [2.05, 4.69) is 5.32 Å². The van der Waals surface area contributed by atoms with Crippen molar-refractivity contribution in [3.05, 3.63) is 71.8 Å². The minimum atomic E-state index is -3.23. The zero-order valence-electron chi connectivity index (χ0n) is 18.6. The topological polar surface area (TPSA) is 90.9 Å². The van der Waals surface area contributed by atoms with Gasteiger partial charge in [-0.15, -0.1) is 0 Å². The van der Waals surface area contributed by atoms with Crippen LogP contribution in [-0.4, -0.2) is 47.4 Å². The van der Waals surface area contributed by atoms with E-state index in [0.29, 0.717) is 34.9 Å². The number of amides is 1. The Labute approximate surface area is 193 Å². The molecule has 3 aromatic rings. The molecule has 4 rings (SSSR count). The Morgan fingerprint density at radius 1 is 1.00 bits per heavy atom. The zero-order valence-corrected chi connectivity index (χ0v) is 19.4. The Bertz CT molecular complexity index is 1280. The van der Waals surface area contributed by atoms with Gasteiger partial charge in [0.2, 0.25) is 0 Å². The van der Waals surface area contributed by atoms with Gasteiger partial charge in [-0.2, -0.15) is 0 Å². The average Bonchev–Trinajstić information content (AvgIpc) is 3.23. The van der Waals surface area contributed by atoms with Gasteiger partial charge in [0.25, 0.3) is 5.91 Å². The van der Waals surface area contributed by atoms with Gasteiger partial charge in [0.1, 0.15) is 23.4 Å². The van der Waals surface area contributed by atoms with Gasteiger partial charge in [-0.1, -0.05) is 18.2 Å². The summed E-state index contributed by atoms with van der Waals surface area (Å²) >= 11 is 0. The van der Waals surface area contributed by atoms with E-state index in [9.17, 15) is 13.2 Å². The first-order valence-electron chi connectivity index (χ1n) is 10.4. The number of hydrogen-bond acceptors (Lipinski definition) is 6. The number of methoxy groups -OCH3 is 2. The molecule has 1 N–H and O–H groups in total. The van der Waals surface area contributed by atoms with E-state index in [4.69, 9.17) is 14.2 Å². The number of carbonyl (C=O) groups is 1. The molecule has 1 atom stereocenters. The van der Waals surface area contributed by atoms with E-state index in [1.165, 1.54) is 13.4 Å². The van der Waals surface area contributed by atoms with Crippen molar-refractivity contribution in [3.8, 4) is 28.4 Å². The molecule has 0 bridgehead atoms. The van der Waals surface area contributed by atoms with Crippen LogP contribution in [0.15, 0.2) is 65.6 Å². The highest BCUT2D eigenvalue weighted by Gasteiger charge is 2.24. The van der Waals surface area contributed by atoms with Crippen molar-refractivity contribution >= 4 is 15.7 Å². The lowest BCUT2D eigenvalue weighted by Gasteiger charge is -2.14. The van der Waals surface area contributed by atoms with Gasteiger partial charge >= 0.3 is 0 Å². The van der Waals surface area contributed by atoms with Gasteiger partial charge in [0.05, 0.1) is 31.2 Å². The predicted octanol–water partition coefficient (Wildman–Crippen LogP) is 3.51. The molecule has 7 nitrogen and oxygen atoms in total. The Balaban J connectivity index is 1.42. The first-order valence-corrected chi connectivity index (χ1v) is 12.3. The quantitative estimate of drug-likeness (QED) is 0.572. The molecule has 1 aliphatic heterocycles. The lowest BCUT2D eigenvalue weighted by Crippen LogP contribution is -2.34. The summed E-state index contributed by atoms with van der Waals surface area (Å²) in [4.78, 5) is 13.0. The zero-order chi connectivity index (χ0) is 23.6. The van der Waals surface area contributed by atoms with Gasteiger partial charge in [-0.3, -0.25) is 4.79 Å². The van der Waals surface area contributed by atoms with Gasteiger partial charge in [0, 0.05) is 12.7 Å². The second-order valence-electron chi connectivity index (χ2n) is 7.84. The third kappa shape index (κ3) is 4.96. The molecule has 0 fully saturated rings. The Kier molecular flexibility index (Phi) is 6.29. The van der Waals surface area contributed by atoms with Gasteiger partial charge in [-0.25, -0.2) is 8.42 Å². The molecule has 0 saturated carbocycles. The second kappa shape index (κ2) is 9.15. The summed E-state index contributed by atoms with van der Waals surface area (Å²) in [5, 5.41) is 2.91. The van der Waals surface area contributed by atoms with Crippen molar-refractivity contribution in [1.82, 2.24) is 5.32 Å². The summed E-state index contributed by atoms with van der Waals surface area (Å²) in [6, 6.07) is 17.8. The molecule has 0 aliphatic carbocycles. The molecule has 3 aromatic carbocycles. The van der Waals surface area contributed by atoms with E-state index in [1.807, 2.05) is 18.2 Å². The van der Waals surface area contributed by atoms with Crippen LogP contribution in [-0.2, 0) is 16.3 Å². The largest absolute Gasteiger partial charge is 0.497 e. The Morgan fingerprint density at radius 2 is 1.73 bits per heavy atom. The highest BCUT2D eigenvalue weighted by atomic mass is 32.2. The number of rotatable bonds is 7. The maximum absolute atomic E-state index is 12.7. The number of fused-ring (bicyclic) bond motifs is 1. The van der Waals surface area contributed by atoms with Crippen molar-refractivity contribution in [3.63, 3.8) is 0 Å².